The topological polar surface area (TPSA) is 46.2 Å². The molecule has 0 saturated heterocycles. The Balaban J connectivity index is 1.67. The smallest absolute Gasteiger partial charge is 0.211 e. The van der Waals surface area contributed by atoms with Crippen molar-refractivity contribution in [3.63, 3.8) is 0 Å². The predicted octanol–water partition coefficient (Wildman–Crippen LogP) is 3.05. The van der Waals surface area contributed by atoms with Crippen LogP contribution in [0.15, 0.2) is 29.2 Å². The van der Waals surface area contributed by atoms with Crippen LogP contribution in [0.3, 0.4) is 0 Å². The Morgan fingerprint density at radius 1 is 1.21 bits per heavy atom. The summed E-state index contributed by atoms with van der Waals surface area (Å²) in [4.78, 5) is 0.365. The van der Waals surface area contributed by atoms with Gasteiger partial charge in [0.05, 0.1) is 4.90 Å². The fourth-order valence-corrected chi connectivity index (χ4v) is 4.18. The highest BCUT2D eigenvalue weighted by atomic mass is 79.9. The molecule has 2 aliphatic carbocycles. The summed E-state index contributed by atoms with van der Waals surface area (Å²) in [5.41, 5.74) is 1.37. The van der Waals surface area contributed by atoms with E-state index in [-0.39, 0.29) is 0 Å². The van der Waals surface area contributed by atoms with Crippen LogP contribution in [0.4, 0.5) is 0 Å². The molecule has 0 bridgehead atoms. The molecule has 104 valence electrons. The van der Waals surface area contributed by atoms with Crippen LogP contribution in [0.2, 0.25) is 0 Å². The van der Waals surface area contributed by atoms with E-state index in [9.17, 15) is 8.42 Å². The summed E-state index contributed by atoms with van der Waals surface area (Å²) in [6.45, 7) is 0.611. The minimum atomic E-state index is -3.35. The van der Waals surface area contributed by atoms with Gasteiger partial charge in [-0.3, -0.25) is 0 Å². The fourth-order valence-electron chi connectivity index (χ4n) is 2.67. The van der Waals surface area contributed by atoms with Crippen molar-refractivity contribution in [1.29, 1.82) is 0 Å². The first-order chi connectivity index (χ1) is 9.06. The lowest BCUT2D eigenvalue weighted by atomic mass is 10.0. The minimum Gasteiger partial charge on any atom is -0.211 e. The lowest BCUT2D eigenvalue weighted by Gasteiger charge is -2.15. The SMILES string of the molecule is O=S(=O)(NCC1(C2CC2)CC1)c1ccc(CBr)cc1. The summed E-state index contributed by atoms with van der Waals surface area (Å²) >= 11 is 3.36. The fraction of sp³-hybridized carbons (Fsp3) is 0.571. The van der Waals surface area contributed by atoms with E-state index in [1.165, 1.54) is 25.7 Å². The van der Waals surface area contributed by atoms with Gasteiger partial charge in [0.25, 0.3) is 0 Å². The summed E-state index contributed by atoms with van der Waals surface area (Å²) in [7, 11) is -3.35. The molecule has 0 radical (unpaired) electrons. The number of hydrogen-bond donors (Lipinski definition) is 1. The third-order valence-corrected chi connectivity index (χ3v) is 6.40. The van der Waals surface area contributed by atoms with Crippen molar-refractivity contribution in [2.24, 2.45) is 11.3 Å². The standard InChI is InChI=1S/C14H18BrNO2S/c15-9-11-1-5-13(6-2-11)19(17,18)16-10-14(7-8-14)12-3-4-12/h1-2,5-6,12,16H,3-4,7-10H2. The third kappa shape index (κ3) is 2.88. The Morgan fingerprint density at radius 2 is 1.84 bits per heavy atom. The van der Waals surface area contributed by atoms with Crippen LogP contribution in [-0.2, 0) is 15.4 Å². The molecule has 0 aromatic heterocycles. The van der Waals surface area contributed by atoms with E-state index in [4.69, 9.17) is 0 Å². The first-order valence-electron chi connectivity index (χ1n) is 6.70. The zero-order valence-electron chi connectivity index (χ0n) is 10.7. The Morgan fingerprint density at radius 3 is 2.32 bits per heavy atom. The average molecular weight is 344 g/mol. The molecule has 0 spiro atoms. The number of rotatable bonds is 6. The van der Waals surface area contributed by atoms with Crippen LogP contribution in [0.25, 0.3) is 0 Å². The summed E-state index contributed by atoms with van der Waals surface area (Å²) in [6, 6.07) is 7.04. The van der Waals surface area contributed by atoms with E-state index in [0.717, 1.165) is 16.8 Å². The maximum atomic E-state index is 12.2. The van der Waals surface area contributed by atoms with Gasteiger partial charge in [-0.2, -0.15) is 0 Å². The molecule has 0 unspecified atom stereocenters. The van der Waals surface area contributed by atoms with E-state index < -0.39 is 10.0 Å². The minimum absolute atomic E-state index is 0.295. The van der Waals surface area contributed by atoms with E-state index in [1.54, 1.807) is 12.1 Å². The van der Waals surface area contributed by atoms with Gasteiger partial charge in [-0.15, -0.1) is 0 Å². The lowest BCUT2D eigenvalue weighted by molar-refractivity contribution is 0.432. The van der Waals surface area contributed by atoms with Crippen molar-refractivity contribution in [2.45, 2.75) is 35.9 Å². The molecule has 3 rings (SSSR count). The molecule has 0 atom stereocenters. The molecule has 19 heavy (non-hydrogen) atoms. The van der Waals surface area contributed by atoms with Crippen LogP contribution >= 0.6 is 15.9 Å². The Hall–Kier alpha value is -0.390. The number of halogens is 1. The normalized spacial score (nSPS) is 21.3. The van der Waals surface area contributed by atoms with Gasteiger partial charge >= 0.3 is 0 Å². The van der Waals surface area contributed by atoms with Crippen molar-refractivity contribution < 1.29 is 8.42 Å². The molecule has 0 heterocycles. The van der Waals surface area contributed by atoms with E-state index in [0.29, 0.717) is 16.9 Å². The summed E-state index contributed by atoms with van der Waals surface area (Å²) in [5.74, 6) is 0.769. The number of alkyl halides is 1. The molecule has 3 nitrogen and oxygen atoms in total. The number of sulfonamides is 1. The molecule has 5 heteroatoms. The zero-order chi connectivity index (χ0) is 13.5. The second kappa shape index (κ2) is 4.86. The first-order valence-corrected chi connectivity index (χ1v) is 9.31. The Labute approximate surface area is 123 Å². The van der Waals surface area contributed by atoms with Crippen molar-refractivity contribution in [3.8, 4) is 0 Å². The molecule has 2 aliphatic rings. The quantitative estimate of drug-likeness (QED) is 0.807. The van der Waals surface area contributed by atoms with E-state index >= 15 is 0 Å². The van der Waals surface area contributed by atoms with Gasteiger partial charge in [-0.25, -0.2) is 13.1 Å². The van der Waals surface area contributed by atoms with Crippen molar-refractivity contribution in [2.75, 3.05) is 6.54 Å². The monoisotopic (exact) mass is 343 g/mol. The van der Waals surface area contributed by atoms with Crippen LogP contribution in [0.1, 0.15) is 31.2 Å². The van der Waals surface area contributed by atoms with Gasteiger partial charge in [0.15, 0.2) is 0 Å². The summed E-state index contributed by atoms with van der Waals surface area (Å²) in [5, 5.41) is 0.742. The van der Waals surface area contributed by atoms with Crippen molar-refractivity contribution in [3.05, 3.63) is 29.8 Å². The summed E-state index contributed by atoms with van der Waals surface area (Å²) in [6.07, 6.45) is 4.93. The maximum absolute atomic E-state index is 12.2. The lowest BCUT2D eigenvalue weighted by Crippen LogP contribution is -2.31. The van der Waals surface area contributed by atoms with E-state index in [2.05, 4.69) is 20.7 Å². The van der Waals surface area contributed by atoms with Crippen LogP contribution in [0.5, 0.6) is 0 Å². The highest BCUT2D eigenvalue weighted by Gasteiger charge is 2.53. The number of benzene rings is 1. The van der Waals surface area contributed by atoms with Gasteiger partial charge in [0.1, 0.15) is 0 Å². The molecular formula is C14H18BrNO2S. The van der Waals surface area contributed by atoms with Crippen LogP contribution < -0.4 is 4.72 Å². The molecule has 1 N–H and O–H groups in total. The highest BCUT2D eigenvalue weighted by molar-refractivity contribution is 9.08. The maximum Gasteiger partial charge on any atom is 0.240 e. The first kappa shape index (κ1) is 13.6. The van der Waals surface area contributed by atoms with Crippen LogP contribution in [0, 0.1) is 11.3 Å². The van der Waals surface area contributed by atoms with Gasteiger partial charge in [-0.1, -0.05) is 28.1 Å². The van der Waals surface area contributed by atoms with Gasteiger partial charge in [0.2, 0.25) is 10.0 Å². The molecule has 1 aromatic rings. The molecule has 2 saturated carbocycles. The zero-order valence-corrected chi connectivity index (χ0v) is 13.1. The van der Waals surface area contributed by atoms with E-state index in [1.807, 2.05) is 12.1 Å². The highest BCUT2D eigenvalue weighted by Crippen LogP contribution is 2.60. The summed E-state index contributed by atoms with van der Waals surface area (Å²) < 4.78 is 27.3. The number of nitrogens with one attached hydrogen (secondary N) is 1. The average Bonchev–Trinajstić information content (AvgIpc) is 3.29. The van der Waals surface area contributed by atoms with Gasteiger partial charge in [-0.05, 0) is 54.7 Å². The Kier molecular flexibility index (Phi) is 3.48. The molecule has 0 amide bonds. The molecule has 2 fully saturated rings. The molecule has 0 aliphatic heterocycles. The second-order valence-electron chi connectivity index (χ2n) is 5.74. The second-order valence-corrected chi connectivity index (χ2v) is 8.07. The van der Waals surface area contributed by atoms with Crippen LogP contribution in [-0.4, -0.2) is 15.0 Å². The third-order valence-electron chi connectivity index (χ3n) is 4.34. The van der Waals surface area contributed by atoms with Crippen molar-refractivity contribution >= 4 is 26.0 Å². The Bertz CT molecular complexity index is 560. The predicted molar refractivity (Wildman–Crippen MR) is 78.7 cm³/mol. The van der Waals surface area contributed by atoms with Crippen molar-refractivity contribution in [1.82, 2.24) is 4.72 Å². The van der Waals surface area contributed by atoms with Gasteiger partial charge in [0, 0.05) is 11.9 Å². The van der Waals surface area contributed by atoms with Gasteiger partial charge < -0.3 is 0 Å². The largest absolute Gasteiger partial charge is 0.240 e. The number of hydrogen-bond acceptors (Lipinski definition) is 2. The molecule has 1 aromatic carbocycles. The molecular weight excluding hydrogens is 326 g/mol.